The molecule has 2 aromatic rings. The summed E-state index contributed by atoms with van der Waals surface area (Å²) >= 11 is 0. The fourth-order valence-electron chi connectivity index (χ4n) is 5.62. The average molecular weight is 471 g/mol. The van der Waals surface area contributed by atoms with Crippen LogP contribution in [0, 0.1) is 11.3 Å². The molecule has 3 rings (SSSR count). The topological polar surface area (TPSA) is 43.4 Å². The van der Waals surface area contributed by atoms with Crippen LogP contribution in [0.1, 0.15) is 96.1 Å². The lowest BCUT2D eigenvalue weighted by Gasteiger charge is -2.41. The third-order valence-electron chi connectivity index (χ3n) is 7.76. The van der Waals surface area contributed by atoms with Crippen molar-refractivity contribution in [3.05, 3.63) is 59.7 Å². The maximum absolute atomic E-state index is 13.9. The maximum Gasteiger partial charge on any atom is 0.179 e. The van der Waals surface area contributed by atoms with Crippen LogP contribution in [0.5, 0.6) is 5.75 Å². The molecule has 1 heterocycles. The monoisotopic (exact) mass is 470 g/mol. The van der Waals surface area contributed by atoms with Crippen LogP contribution >= 0.6 is 0 Å². The minimum absolute atomic E-state index is 0.0499. The molecule has 3 atom stereocenters. The highest BCUT2D eigenvalue weighted by molar-refractivity contribution is 7.91. The first-order valence-electron chi connectivity index (χ1n) is 12.9. The molecule has 1 aliphatic heterocycles. The van der Waals surface area contributed by atoms with E-state index in [0.717, 1.165) is 44.1 Å². The molecule has 3 unspecified atom stereocenters. The van der Waals surface area contributed by atoms with E-state index in [9.17, 15) is 8.42 Å². The Labute approximate surface area is 201 Å². The Bertz CT molecular complexity index is 983. The standard InChI is InChI=1S/C29H42O3S/c1-5-8-10-14-20-32-25-17-18-26-27(21-25)33(30,31)22-29(7-3,19-9-6-2)23(4)28(26)24-15-12-11-13-16-24/h11-13,15-18,21,23,28H,5-10,14,19-20,22H2,1-4H3. The number of fused-ring (bicyclic) bond motifs is 1. The Balaban J connectivity index is 2.07. The predicted molar refractivity (Wildman–Crippen MR) is 138 cm³/mol. The van der Waals surface area contributed by atoms with Crippen LogP contribution in [0.4, 0.5) is 0 Å². The first kappa shape index (κ1) is 25.8. The van der Waals surface area contributed by atoms with Crippen molar-refractivity contribution in [2.45, 2.75) is 89.9 Å². The highest BCUT2D eigenvalue weighted by Gasteiger charge is 2.47. The lowest BCUT2D eigenvalue weighted by Crippen LogP contribution is -2.37. The van der Waals surface area contributed by atoms with Gasteiger partial charge in [-0.3, -0.25) is 0 Å². The molecule has 0 aliphatic carbocycles. The van der Waals surface area contributed by atoms with Crippen LogP contribution in [-0.2, 0) is 9.84 Å². The van der Waals surface area contributed by atoms with Gasteiger partial charge in [0, 0.05) is 5.92 Å². The first-order chi connectivity index (χ1) is 15.9. The lowest BCUT2D eigenvalue weighted by atomic mass is 9.64. The van der Waals surface area contributed by atoms with Crippen LogP contribution < -0.4 is 4.74 Å². The van der Waals surface area contributed by atoms with Crippen molar-refractivity contribution < 1.29 is 13.2 Å². The zero-order valence-electron chi connectivity index (χ0n) is 21.0. The second-order valence-corrected chi connectivity index (χ2v) is 11.8. The Kier molecular flexibility index (Phi) is 9.03. The van der Waals surface area contributed by atoms with Gasteiger partial charge in [0.2, 0.25) is 0 Å². The lowest BCUT2D eigenvalue weighted by molar-refractivity contribution is 0.160. The second kappa shape index (κ2) is 11.6. The highest BCUT2D eigenvalue weighted by atomic mass is 32.2. The molecule has 182 valence electrons. The van der Waals surface area contributed by atoms with Crippen molar-refractivity contribution in [3.63, 3.8) is 0 Å². The number of sulfone groups is 1. The van der Waals surface area contributed by atoms with Gasteiger partial charge in [-0.1, -0.05) is 96.2 Å². The summed E-state index contributed by atoms with van der Waals surface area (Å²) in [5.41, 5.74) is 1.89. The molecular weight excluding hydrogens is 428 g/mol. The van der Waals surface area contributed by atoms with Crippen LogP contribution in [0.3, 0.4) is 0 Å². The molecule has 0 bridgehead atoms. The SMILES string of the molecule is CCCCCCOc1ccc2c(c1)S(=O)(=O)CC(CC)(CCCC)C(C)C2c1ccccc1. The summed E-state index contributed by atoms with van der Waals surface area (Å²) in [5.74, 6) is 1.15. The minimum Gasteiger partial charge on any atom is -0.494 e. The van der Waals surface area contributed by atoms with Gasteiger partial charge in [0.1, 0.15) is 5.75 Å². The van der Waals surface area contributed by atoms with Crippen LogP contribution in [0.2, 0.25) is 0 Å². The summed E-state index contributed by atoms with van der Waals surface area (Å²) in [6, 6.07) is 16.3. The van der Waals surface area contributed by atoms with Gasteiger partial charge in [-0.15, -0.1) is 0 Å². The number of rotatable bonds is 11. The quantitative estimate of drug-likeness (QED) is 0.315. The van der Waals surface area contributed by atoms with Gasteiger partial charge in [0.15, 0.2) is 9.84 Å². The van der Waals surface area contributed by atoms with Crippen LogP contribution in [0.15, 0.2) is 53.4 Å². The number of ether oxygens (including phenoxy) is 1. The van der Waals surface area contributed by atoms with Gasteiger partial charge >= 0.3 is 0 Å². The molecule has 0 saturated heterocycles. The molecule has 0 saturated carbocycles. The Morgan fingerprint density at radius 2 is 1.67 bits per heavy atom. The van der Waals surface area contributed by atoms with E-state index in [0.29, 0.717) is 17.3 Å². The summed E-state index contributed by atoms with van der Waals surface area (Å²) < 4.78 is 33.7. The number of unbranched alkanes of at least 4 members (excludes halogenated alkanes) is 4. The van der Waals surface area contributed by atoms with Gasteiger partial charge < -0.3 is 4.74 Å². The zero-order chi connectivity index (χ0) is 23.9. The van der Waals surface area contributed by atoms with Crippen molar-refractivity contribution >= 4 is 9.84 Å². The van der Waals surface area contributed by atoms with E-state index in [4.69, 9.17) is 4.74 Å². The summed E-state index contributed by atoms with van der Waals surface area (Å²) in [4.78, 5) is 0.473. The molecule has 33 heavy (non-hydrogen) atoms. The van der Waals surface area contributed by atoms with E-state index in [-0.39, 0.29) is 23.0 Å². The van der Waals surface area contributed by atoms with E-state index in [1.165, 1.54) is 18.4 Å². The normalized spacial score (nSPS) is 24.1. The third-order valence-corrected chi connectivity index (χ3v) is 9.73. The van der Waals surface area contributed by atoms with Gasteiger partial charge in [0.25, 0.3) is 0 Å². The smallest absolute Gasteiger partial charge is 0.179 e. The van der Waals surface area contributed by atoms with Crippen molar-refractivity contribution in [3.8, 4) is 5.75 Å². The molecule has 2 aromatic carbocycles. The fourth-order valence-corrected chi connectivity index (χ4v) is 7.99. The summed E-state index contributed by atoms with van der Waals surface area (Å²) in [7, 11) is -3.44. The van der Waals surface area contributed by atoms with E-state index >= 15 is 0 Å². The highest BCUT2D eigenvalue weighted by Crippen LogP contribution is 2.52. The number of hydrogen-bond donors (Lipinski definition) is 0. The Hall–Kier alpha value is -1.81. The maximum atomic E-state index is 13.9. The van der Waals surface area contributed by atoms with E-state index in [1.807, 2.05) is 18.2 Å². The molecule has 1 aliphatic rings. The molecule has 4 heteroatoms. The predicted octanol–water partition coefficient (Wildman–Crippen LogP) is 7.79. The van der Waals surface area contributed by atoms with Crippen molar-refractivity contribution in [2.24, 2.45) is 11.3 Å². The Morgan fingerprint density at radius 1 is 0.939 bits per heavy atom. The van der Waals surface area contributed by atoms with Gasteiger partial charge in [-0.05, 0) is 53.9 Å². The molecule has 0 N–H and O–H groups in total. The molecular formula is C29H42O3S. The Morgan fingerprint density at radius 3 is 2.33 bits per heavy atom. The fraction of sp³-hybridized carbons (Fsp3) is 0.586. The van der Waals surface area contributed by atoms with Crippen molar-refractivity contribution in [2.75, 3.05) is 12.4 Å². The van der Waals surface area contributed by atoms with Crippen molar-refractivity contribution in [1.29, 1.82) is 0 Å². The number of hydrogen-bond acceptors (Lipinski definition) is 3. The largest absolute Gasteiger partial charge is 0.494 e. The summed E-state index contributed by atoms with van der Waals surface area (Å²) in [6.07, 6.45) is 8.47. The number of benzene rings is 2. The first-order valence-corrected chi connectivity index (χ1v) is 14.6. The van der Waals surface area contributed by atoms with E-state index < -0.39 is 9.84 Å². The second-order valence-electron chi connectivity index (χ2n) is 9.86. The van der Waals surface area contributed by atoms with Crippen LogP contribution in [0.25, 0.3) is 0 Å². The molecule has 0 spiro atoms. The molecule has 3 nitrogen and oxygen atoms in total. The molecule has 0 fully saturated rings. The molecule has 0 amide bonds. The van der Waals surface area contributed by atoms with Crippen molar-refractivity contribution in [1.82, 2.24) is 0 Å². The summed E-state index contributed by atoms with van der Waals surface area (Å²) in [6.45, 7) is 9.46. The van der Waals surface area contributed by atoms with Gasteiger partial charge in [-0.2, -0.15) is 0 Å². The van der Waals surface area contributed by atoms with Crippen LogP contribution in [-0.4, -0.2) is 20.8 Å². The average Bonchev–Trinajstić information content (AvgIpc) is 2.89. The zero-order valence-corrected chi connectivity index (χ0v) is 21.8. The van der Waals surface area contributed by atoms with Gasteiger partial charge in [0.05, 0.1) is 17.3 Å². The minimum atomic E-state index is -3.44. The summed E-state index contributed by atoms with van der Waals surface area (Å²) in [5, 5.41) is 0. The molecule has 0 aromatic heterocycles. The van der Waals surface area contributed by atoms with E-state index in [1.54, 1.807) is 6.07 Å². The third kappa shape index (κ3) is 5.82. The molecule has 0 radical (unpaired) electrons. The van der Waals surface area contributed by atoms with Gasteiger partial charge in [-0.25, -0.2) is 8.42 Å². The van der Waals surface area contributed by atoms with E-state index in [2.05, 4.69) is 52.0 Å².